The van der Waals surface area contributed by atoms with Crippen LogP contribution >= 0.6 is 0 Å². The van der Waals surface area contributed by atoms with Crippen molar-refractivity contribution >= 4 is 17.5 Å². The Kier molecular flexibility index (Phi) is 4.63. The number of aliphatic hydroxyl groups excluding tert-OH is 1. The van der Waals surface area contributed by atoms with E-state index in [-0.39, 0.29) is 12.0 Å². The number of amides is 2. The van der Waals surface area contributed by atoms with Crippen LogP contribution in [0.4, 0.5) is 5.69 Å². The minimum absolute atomic E-state index is 0.0472. The van der Waals surface area contributed by atoms with E-state index in [2.05, 4.69) is 24.5 Å². The zero-order valence-corrected chi connectivity index (χ0v) is 12.5. The fourth-order valence-electron chi connectivity index (χ4n) is 2.05. The van der Waals surface area contributed by atoms with Crippen LogP contribution in [0.15, 0.2) is 24.3 Å². The zero-order valence-electron chi connectivity index (χ0n) is 12.5. The largest absolute Gasteiger partial charge is 0.396 e. The predicted octanol–water partition coefficient (Wildman–Crippen LogP) is 1.64. The molecule has 3 N–H and O–H groups in total. The van der Waals surface area contributed by atoms with Crippen LogP contribution in [0.1, 0.15) is 38.2 Å². The molecule has 1 aliphatic rings. The molecule has 5 nitrogen and oxygen atoms in total. The number of anilines is 1. The molecule has 114 valence electrons. The Morgan fingerprint density at radius 3 is 2.29 bits per heavy atom. The van der Waals surface area contributed by atoms with Crippen molar-refractivity contribution in [2.75, 3.05) is 18.5 Å². The zero-order chi connectivity index (χ0) is 15.5. The summed E-state index contributed by atoms with van der Waals surface area (Å²) in [6.07, 6.45) is 1.78. The number of benzene rings is 1. The first-order chi connectivity index (χ1) is 9.96. The number of carbonyl (C=O) groups excluding carboxylic acids is 2. The molecule has 2 rings (SSSR count). The molecular weight excluding hydrogens is 268 g/mol. The second kappa shape index (κ2) is 6.26. The van der Waals surface area contributed by atoms with Crippen molar-refractivity contribution in [3.63, 3.8) is 0 Å². The average molecular weight is 290 g/mol. The highest BCUT2D eigenvalue weighted by Crippen LogP contribution is 2.44. The topological polar surface area (TPSA) is 78.4 Å². The number of hydrogen-bond donors (Lipinski definition) is 3. The summed E-state index contributed by atoms with van der Waals surface area (Å²) < 4.78 is 0. The molecular formula is C16H22N2O3. The third kappa shape index (κ3) is 4.04. The first-order valence-electron chi connectivity index (χ1n) is 7.26. The maximum Gasteiger partial charge on any atom is 0.313 e. The quantitative estimate of drug-likeness (QED) is 0.721. The van der Waals surface area contributed by atoms with Gasteiger partial charge in [0.2, 0.25) is 0 Å². The van der Waals surface area contributed by atoms with Gasteiger partial charge in [-0.3, -0.25) is 9.59 Å². The molecule has 21 heavy (non-hydrogen) atoms. The Hall–Kier alpha value is -1.88. The Morgan fingerprint density at radius 1 is 1.19 bits per heavy atom. The van der Waals surface area contributed by atoms with Crippen molar-refractivity contribution in [2.24, 2.45) is 5.41 Å². The van der Waals surface area contributed by atoms with Gasteiger partial charge in [-0.15, -0.1) is 0 Å². The second-order valence-corrected chi connectivity index (χ2v) is 6.07. The lowest BCUT2D eigenvalue weighted by Crippen LogP contribution is -2.39. The molecule has 0 aromatic heterocycles. The van der Waals surface area contributed by atoms with Crippen LogP contribution in [0.3, 0.4) is 0 Å². The van der Waals surface area contributed by atoms with Gasteiger partial charge in [-0.25, -0.2) is 0 Å². The molecule has 0 radical (unpaired) electrons. The lowest BCUT2D eigenvalue weighted by molar-refractivity contribution is -0.136. The van der Waals surface area contributed by atoms with Crippen molar-refractivity contribution < 1.29 is 14.7 Å². The van der Waals surface area contributed by atoms with Crippen LogP contribution in [0.25, 0.3) is 0 Å². The van der Waals surface area contributed by atoms with E-state index in [1.807, 2.05) is 12.1 Å². The summed E-state index contributed by atoms with van der Waals surface area (Å²) in [4.78, 5) is 23.5. The van der Waals surface area contributed by atoms with Crippen LogP contribution < -0.4 is 10.6 Å². The molecule has 0 saturated heterocycles. The van der Waals surface area contributed by atoms with E-state index in [4.69, 9.17) is 5.11 Å². The molecule has 2 amide bonds. The molecule has 0 aliphatic heterocycles. The summed E-state index contributed by atoms with van der Waals surface area (Å²) >= 11 is 0. The van der Waals surface area contributed by atoms with E-state index in [1.54, 1.807) is 12.1 Å². The first-order valence-corrected chi connectivity index (χ1v) is 7.26. The summed E-state index contributed by atoms with van der Waals surface area (Å²) in [6.45, 7) is 4.58. The van der Waals surface area contributed by atoms with Crippen LogP contribution in [-0.4, -0.2) is 30.1 Å². The molecule has 1 aromatic carbocycles. The maximum atomic E-state index is 11.8. The van der Waals surface area contributed by atoms with Crippen molar-refractivity contribution in [2.45, 2.75) is 32.6 Å². The molecule has 0 unspecified atom stereocenters. The van der Waals surface area contributed by atoms with Crippen molar-refractivity contribution in [3.05, 3.63) is 29.8 Å². The predicted molar refractivity (Wildman–Crippen MR) is 80.9 cm³/mol. The summed E-state index contributed by atoms with van der Waals surface area (Å²) in [5, 5.41) is 14.3. The lowest BCUT2D eigenvalue weighted by Gasteiger charge is -2.12. The molecule has 0 atom stereocenters. The Bertz CT molecular complexity index is 519. The van der Waals surface area contributed by atoms with Crippen molar-refractivity contribution in [3.8, 4) is 0 Å². The number of aliphatic hydroxyl groups is 1. The molecule has 1 saturated carbocycles. The maximum absolute atomic E-state index is 11.8. The van der Waals surface area contributed by atoms with Crippen LogP contribution in [0.2, 0.25) is 0 Å². The van der Waals surface area contributed by atoms with Gasteiger partial charge in [0.25, 0.3) is 0 Å². The third-order valence-electron chi connectivity index (χ3n) is 3.96. The van der Waals surface area contributed by atoms with E-state index in [0.29, 0.717) is 18.2 Å². The summed E-state index contributed by atoms with van der Waals surface area (Å²) in [5.41, 5.74) is 1.58. The summed E-state index contributed by atoms with van der Waals surface area (Å²) in [6, 6.07) is 7.44. The normalized spacial score (nSPS) is 15.6. The van der Waals surface area contributed by atoms with E-state index < -0.39 is 11.8 Å². The van der Waals surface area contributed by atoms with Crippen molar-refractivity contribution in [1.29, 1.82) is 0 Å². The van der Waals surface area contributed by atoms with Crippen LogP contribution in [0, 0.1) is 5.41 Å². The Morgan fingerprint density at radius 2 is 1.81 bits per heavy atom. The highest BCUT2D eigenvalue weighted by atomic mass is 16.3. The van der Waals surface area contributed by atoms with Gasteiger partial charge in [0, 0.05) is 17.6 Å². The minimum Gasteiger partial charge on any atom is -0.396 e. The third-order valence-corrected chi connectivity index (χ3v) is 3.96. The van der Waals surface area contributed by atoms with Gasteiger partial charge in [-0.05, 0) is 36.5 Å². The van der Waals surface area contributed by atoms with Gasteiger partial charge >= 0.3 is 11.8 Å². The molecule has 0 spiro atoms. The Balaban J connectivity index is 1.84. The van der Waals surface area contributed by atoms with Crippen LogP contribution in [0.5, 0.6) is 0 Å². The van der Waals surface area contributed by atoms with Gasteiger partial charge < -0.3 is 15.7 Å². The SMILES string of the molecule is CC(C)c1ccc(NC(=O)C(=O)NCC2(CO)CC2)cc1. The fourth-order valence-corrected chi connectivity index (χ4v) is 2.05. The minimum atomic E-state index is -0.680. The van der Waals surface area contributed by atoms with E-state index in [0.717, 1.165) is 12.8 Å². The number of nitrogens with one attached hydrogen (secondary N) is 2. The number of hydrogen-bond acceptors (Lipinski definition) is 3. The van der Waals surface area contributed by atoms with Gasteiger partial charge in [0.15, 0.2) is 0 Å². The van der Waals surface area contributed by atoms with Gasteiger partial charge in [-0.2, -0.15) is 0 Å². The molecule has 1 fully saturated rings. The number of carbonyl (C=O) groups is 2. The highest BCUT2D eigenvalue weighted by Gasteiger charge is 2.42. The fraction of sp³-hybridized carbons (Fsp3) is 0.500. The average Bonchev–Trinajstić information content (AvgIpc) is 3.26. The molecule has 0 heterocycles. The van der Waals surface area contributed by atoms with Gasteiger partial charge in [0.1, 0.15) is 0 Å². The van der Waals surface area contributed by atoms with Crippen LogP contribution in [-0.2, 0) is 9.59 Å². The van der Waals surface area contributed by atoms with Crippen molar-refractivity contribution in [1.82, 2.24) is 5.32 Å². The monoisotopic (exact) mass is 290 g/mol. The molecule has 1 aliphatic carbocycles. The molecule has 1 aromatic rings. The summed E-state index contributed by atoms with van der Waals surface area (Å²) in [7, 11) is 0. The first kappa shape index (κ1) is 15.5. The highest BCUT2D eigenvalue weighted by molar-refractivity contribution is 6.39. The van der Waals surface area contributed by atoms with E-state index >= 15 is 0 Å². The standard InChI is InChI=1S/C16H22N2O3/c1-11(2)12-3-5-13(6-4-12)18-15(21)14(20)17-9-16(10-19)7-8-16/h3-6,11,19H,7-10H2,1-2H3,(H,17,20)(H,18,21). The van der Waals surface area contributed by atoms with Gasteiger partial charge in [-0.1, -0.05) is 26.0 Å². The van der Waals surface area contributed by atoms with E-state index in [9.17, 15) is 9.59 Å². The Labute approximate surface area is 124 Å². The second-order valence-electron chi connectivity index (χ2n) is 6.07. The van der Waals surface area contributed by atoms with Gasteiger partial charge in [0.05, 0.1) is 6.61 Å². The molecule has 0 bridgehead atoms. The number of rotatable bonds is 5. The molecule has 5 heteroatoms. The lowest BCUT2D eigenvalue weighted by atomic mass is 10.0. The summed E-state index contributed by atoms with van der Waals surface area (Å²) in [5.74, 6) is -0.921. The van der Waals surface area contributed by atoms with E-state index in [1.165, 1.54) is 5.56 Å². The smallest absolute Gasteiger partial charge is 0.313 e.